The van der Waals surface area contributed by atoms with E-state index in [1.165, 1.54) is 11.0 Å². The Labute approximate surface area is 79.9 Å². The number of hydrogen-bond acceptors (Lipinski definition) is 6. The summed E-state index contributed by atoms with van der Waals surface area (Å²) in [4.78, 5) is 12.0. The maximum Gasteiger partial charge on any atom is 0.184 e. The average Bonchev–Trinajstić information content (AvgIpc) is 2.48. The van der Waals surface area contributed by atoms with Crippen LogP contribution >= 0.6 is 0 Å². The van der Waals surface area contributed by atoms with E-state index in [1.54, 1.807) is 0 Å². The molecule has 2 aromatic rings. The first-order valence-electron chi connectivity index (χ1n) is 4.17. The van der Waals surface area contributed by atoms with Crippen molar-refractivity contribution in [3.8, 4) is 0 Å². The van der Waals surface area contributed by atoms with Crippen LogP contribution in [0.4, 0.5) is 5.82 Å². The number of nitrogens with two attached hydrogens (primary N) is 3. The zero-order valence-corrected chi connectivity index (χ0v) is 7.51. The van der Waals surface area contributed by atoms with E-state index < -0.39 is 0 Å². The monoisotopic (exact) mass is 193 g/mol. The van der Waals surface area contributed by atoms with Crippen LogP contribution in [0, 0.1) is 0 Å². The number of imidazole rings is 1. The van der Waals surface area contributed by atoms with Crippen molar-refractivity contribution in [1.29, 1.82) is 0 Å². The number of nitrogen functional groups attached to an aromatic ring is 2. The Morgan fingerprint density at radius 2 is 2.14 bits per heavy atom. The smallest absolute Gasteiger partial charge is 0.184 e. The Bertz CT molecular complexity index is 460. The quantitative estimate of drug-likeness (QED) is 0.505. The van der Waals surface area contributed by atoms with Crippen molar-refractivity contribution in [3.05, 3.63) is 12.2 Å². The highest BCUT2D eigenvalue weighted by atomic mass is 15.4. The van der Waals surface area contributed by atoms with E-state index in [9.17, 15) is 0 Å². The van der Waals surface area contributed by atoms with Gasteiger partial charge in [-0.25, -0.2) is 19.6 Å². The van der Waals surface area contributed by atoms with Gasteiger partial charge < -0.3 is 17.3 Å². The first kappa shape index (κ1) is 8.70. The highest BCUT2D eigenvalue weighted by Crippen LogP contribution is 2.14. The van der Waals surface area contributed by atoms with Gasteiger partial charge >= 0.3 is 0 Å². The van der Waals surface area contributed by atoms with Crippen LogP contribution in [0.5, 0.6) is 0 Å². The third-order valence-corrected chi connectivity index (χ3v) is 1.95. The van der Waals surface area contributed by atoms with Crippen molar-refractivity contribution in [2.45, 2.75) is 6.42 Å². The summed E-state index contributed by atoms with van der Waals surface area (Å²) in [5, 5.41) is 0. The summed E-state index contributed by atoms with van der Waals surface area (Å²) in [6.07, 6.45) is 1.95. The Morgan fingerprint density at radius 3 is 2.79 bits per heavy atom. The molecule has 0 spiro atoms. The number of anilines is 1. The van der Waals surface area contributed by atoms with Crippen molar-refractivity contribution in [3.63, 3.8) is 0 Å². The Balaban J connectivity index is 2.67. The molecule has 14 heavy (non-hydrogen) atoms. The van der Waals surface area contributed by atoms with Crippen LogP contribution in [-0.4, -0.2) is 26.2 Å². The van der Waals surface area contributed by atoms with E-state index in [1.807, 2.05) is 0 Å². The molecule has 2 heterocycles. The summed E-state index contributed by atoms with van der Waals surface area (Å²) in [6, 6.07) is 0. The zero-order valence-electron chi connectivity index (χ0n) is 7.51. The van der Waals surface area contributed by atoms with Gasteiger partial charge in [0.05, 0.1) is 0 Å². The fourth-order valence-corrected chi connectivity index (χ4v) is 1.28. The van der Waals surface area contributed by atoms with Gasteiger partial charge in [-0.2, -0.15) is 0 Å². The molecule has 0 unspecified atom stereocenters. The van der Waals surface area contributed by atoms with Crippen LogP contribution < -0.4 is 17.3 Å². The van der Waals surface area contributed by atoms with Crippen molar-refractivity contribution < 1.29 is 0 Å². The molecule has 0 saturated carbocycles. The fraction of sp³-hybridized carbons (Fsp3) is 0.286. The lowest BCUT2D eigenvalue weighted by Crippen LogP contribution is -2.16. The highest BCUT2D eigenvalue weighted by molar-refractivity contribution is 5.81. The van der Waals surface area contributed by atoms with Crippen LogP contribution in [0.2, 0.25) is 0 Å². The van der Waals surface area contributed by atoms with Crippen molar-refractivity contribution in [2.24, 2.45) is 5.73 Å². The van der Waals surface area contributed by atoms with E-state index in [2.05, 4.69) is 15.0 Å². The number of rotatable bonds is 2. The van der Waals surface area contributed by atoms with Gasteiger partial charge in [0.15, 0.2) is 17.0 Å². The lowest BCUT2D eigenvalue weighted by molar-refractivity contribution is 0.823. The molecular formula is C7H11N7. The van der Waals surface area contributed by atoms with Crippen LogP contribution in [-0.2, 0) is 6.42 Å². The van der Waals surface area contributed by atoms with Gasteiger partial charge in [0.2, 0.25) is 0 Å². The van der Waals surface area contributed by atoms with Crippen LogP contribution in [0.1, 0.15) is 5.82 Å². The van der Waals surface area contributed by atoms with Gasteiger partial charge in [0, 0.05) is 6.42 Å². The fourth-order valence-electron chi connectivity index (χ4n) is 1.28. The van der Waals surface area contributed by atoms with Crippen molar-refractivity contribution in [1.82, 2.24) is 19.6 Å². The molecule has 0 aliphatic heterocycles. The van der Waals surface area contributed by atoms with Gasteiger partial charge in [0.1, 0.15) is 12.2 Å². The van der Waals surface area contributed by atoms with Gasteiger partial charge in [-0.15, -0.1) is 0 Å². The third kappa shape index (κ3) is 1.14. The molecule has 0 radical (unpaired) electrons. The van der Waals surface area contributed by atoms with Crippen molar-refractivity contribution >= 4 is 17.0 Å². The zero-order chi connectivity index (χ0) is 10.1. The lowest BCUT2D eigenvalue weighted by atomic mass is 10.4. The van der Waals surface area contributed by atoms with E-state index >= 15 is 0 Å². The molecule has 0 aliphatic rings. The number of nitrogens with zero attached hydrogens (tertiary/aromatic N) is 4. The van der Waals surface area contributed by atoms with Gasteiger partial charge in [0.25, 0.3) is 0 Å². The molecule has 0 amide bonds. The van der Waals surface area contributed by atoms with E-state index in [0.717, 1.165) is 0 Å². The largest absolute Gasteiger partial charge is 0.382 e. The number of fused-ring (bicyclic) bond motifs is 1. The first-order valence-corrected chi connectivity index (χ1v) is 4.17. The maximum atomic E-state index is 5.75. The SMILES string of the molecule is NCCc1nc2c(N)ncnc2n1N. The second-order valence-electron chi connectivity index (χ2n) is 2.87. The van der Waals surface area contributed by atoms with Gasteiger partial charge in [-0.3, -0.25) is 0 Å². The molecular weight excluding hydrogens is 182 g/mol. The molecule has 2 rings (SSSR count). The summed E-state index contributed by atoms with van der Waals surface area (Å²) in [7, 11) is 0. The highest BCUT2D eigenvalue weighted by Gasteiger charge is 2.11. The standard InChI is InChI=1S/C7H11N7/c8-2-1-4-13-5-6(9)11-3-12-7(5)14(4)10/h3H,1-2,8,10H2,(H2,9,11,12). The van der Waals surface area contributed by atoms with E-state index in [-0.39, 0.29) is 0 Å². The topological polar surface area (TPSA) is 122 Å². The van der Waals surface area contributed by atoms with Crippen LogP contribution in [0.25, 0.3) is 11.2 Å². The Morgan fingerprint density at radius 1 is 1.36 bits per heavy atom. The average molecular weight is 193 g/mol. The van der Waals surface area contributed by atoms with Gasteiger partial charge in [-0.05, 0) is 6.54 Å². The van der Waals surface area contributed by atoms with Crippen LogP contribution in [0.3, 0.4) is 0 Å². The number of aromatic nitrogens is 4. The molecule has 74 valence electrons. The van der Waals surface area contributed by atoms with Crippen molar-refractivity contribution in [2.75, 3.05) is 18.1 Å². The van der Waals surface area contributed by atoms with E-state index in [0.29, 0.717) is 35.8 Å². The summed E-state index contributed by atoms with van der Waals surface area (Å²) >= 11 is 0. The predicted octanol–water partition coefficient (Wildman–Crippen LogP) is -1.38. The summed E-state index contributed by atoms with van der Waals surface area (Å²) < 4.78 is 1.39. The van der Waals surface area contributed by atoms with Gasteiger partial charge in [-0.1, -0.05) is 0 Å². The van der Waals surface area contributed by atoms with Crippen LogP contribution in [0.15, 0.2) is 6.33 Å². The predicted molar refractivity (Wildman–Crippen MR) is 52.6 cm³/mol. The summed E-state index contributed by atoms with van der Waals surface area (Å²) in [6.45, 7) is 0.480. The summed E-state index contributed by atoms with van der Waals surface area (Å²) in [5.41, 5.74) is 12.1. The van der Waals surface area contributed by atoms with E-state index in [4.69, 9.17) is 17.3 Å². The molecule has 0 aliphatic carbocycles. The maximum absolute atomic E-state index is 5.75. The Hall–Kier alpha value is -1.89. The molecule has 0 aromatic carbocycles. The lowest BCUT2D eigenvalue weighted by Gasteiger charge is -1.98. The molecule has 7 heteroatoms. The normalized spacial score (nSPS) is 10.9. The molecule has 7 nitrogen and oxygen atoms in total. The molecule has 0 atom stereocenters. The first-order chi connectivity index (χ1) is 6.74. The molecule has 0 saturated heterocycles. The minimum absolute atomic E-state index is 0.331. The summed E-state index contributed by atoms with van der Waals surface area (Å²) in [5.74, 6) is 6.74. The minimum Gasteiger partial charge on any atom is -0.382 e. The molecule has 2 aromatic heterocycles. The molecule has 0 fully saturated rings. The third-order valence-electron chi connectivity index (χ3n) is 1.95. The Kier molecular flexibility index (Phi) is 1.93. The molecule has 0 bridgehead atoms. The second kappa shape index (κ2) is 3.11. The minimum atomic E-state index is 0.331. The number of hydrogen-bond donors (Lipinski definition) is 3. The second-order valence-corrected chi connectivity index (χ2v) is 2.87. The molecule has 6 N–H and O–H groups in total.